The summed E-state index contributed by atoms with van der Waals surface area (Å²) in [7, 11) is 0. The monoisotopic (exact) mass is 197 g/mol. The molecule has 0 atom stereocenters. The average Bonchev–Trinajstić information content (AvgIpc) is 2.15. The van der Waals surface area contributed by atoms with Crippen molar-refractivity contribution in [1.29, 1.82) is 0 Å². The van der Waals surface area contributed by atoms with Crippen LogP contribution in [0, 0.1) is 6.92 Å². The molecule has 13 heavy (non-hydrogen) atoms. The van der Waals surface area contributed by atoms with Crippen molar-refractivity contribution >= 4 is 11.8 Å². The number of nitrogens with one attached hydrogen (secondary N) is 1. The first-order chi connectivity index (χ1) is 6.33. The molecule has 0 radical (unpaired) electrons. The summed E-state index contributed by atoms with van der Waals surface area (Å²) in [4.78, 5) is 8.40. The zero-order valence-electron chi connectivity index (χ0n) is 8.08. The van der Waals surface area contributed by atoms with Crippen LogP contribution in [-0.4, -0.2) is 28.8 Å². The Morgan fingerprint density at radius 3 is 2.69 bits per heavy atom. The largest absolute Gasteiger partial charge is 0.316 e. The lowest BCUT2D eigenvalue weighted by atomic mass is 10.4. The molecule has 1 rings (SSSR count). The quantitative estimate of drug-likeness (QED) is 0.441. The van der Waals surface area contributed by atoms with Gasteiger partial charge in [-0.1, -0.05) is 18.7 Å². The van der Waals surface area contributed by atoms with E-state index in [1.807, 2.05) is 19.3 Å². The van der Waals surface area contributed by atoms with Crippen LogP contribution in [0.15, 0.2) is 17.6 Å². The van der Waals surface area contributed by atoms with Gasteiger partial charge in [-0.25, -0.2) is 9.97 Å². The van der Waals surface area contributed by atoms with Crippen molar-refractivity contribution < 1.29 is 0 Å². The van der Waals surface area contributed by atoms with Crippen LogP contribution in [-0.2, 0) is 0 Å². The van der Waals surface area contributed by atoms with Gasteiger partial charge in [-0.2, -0.15) is 0 Å². The molecule has 0 aliphatic heterocycles. The highest BCUT2D eigenvalue weighted by Gasteiger charge is 1.95. The topological polar surface area (TPSA) is 37.8 Å². The number of aromatic nitrogens is 2. The van der Waals surface area contributed by atoms with Gasteiger partial charge in [-0.15, -0.1) is 0 Å². The Labute approximate surface area is 83.4 Å². The minimum atomic E-state index is 0.864. The Hall–Kier alpha value is -0.610. The summed E-state index contributed by atoms with van der Waals surface area (Å²) in [6.45, 7) is 6.13. The minimum absolute atomic E-state index is 0.864. The van der Waals surface area contributed by atoms with Crippen molar-refractivity contribution in [3.63, 3.8) is 0 Å². The maximum atomic E-state index is 4.20. The van der Waals surface area contributed by atoms with Crippen molar-refractivity contribution in [3.05, 3.63) is 18.0 Å². The number of thioether (sulfide) groups is 1. The smallest absolute Gasteiger partial charge is 0.187 e. The molecule has 0 aliphatic rings. The molecule has 0 bridgehead atoms. The van der Waals surface area contributed by atoms with Crippen molar-refractivity contribution in [2.24, 2.45) is 0 Å². The van der Waals surface area contributed by atoms with E-state index in [1.165, 1.54) is 0 Å². The van der Waals surface area contributed by atoms with Gasteiger partial charge in [0, 0.05) is 24.7 Å². The zero-order valence-corrected chi connectivity index (χ0v) is 8.90. The van der Waals surface area contributed by atoms with Crippen LogP contribution >= 0.6 is 11.8 Å². The molecule has 0 unspecified atom stereocenters. The Kier molecular flexibility index (Phi) is 4.78. The molecule has 0 amide bonds. The predicted molar refractivity (Wildman–Crippen MR) is 56.0 cm³/mol. The molecule has 72 valence electrons. The Morgan fingerprint density at radius 1 is 1.38 bits per heavy atom. The van der Waals surface area contributed by atoms with E-state index in [1.54, 1.807) is 11.8 Å². The minimum Gasteiger partial charge on any atom is -0.316 e. The number of hydrogen-bond donors (Lipinski definition) is 1. The van der Waals surface area contributed by atoms with E-state index in [0.717, 1.165) is 29.6 Å². The summed E-state index contributed by atoms with van der Waals surface area (Å²) in [6, 6.07) is 0. The fraction of sp³-hybridized carbons (Fsp3) is 0.556. The van der Waals surface area contributed by atoms with Crippen LogP contribution in [0.3, 0.4) is 0 Å². The molecule has 0 fully saturated rings. The van der Waals surface area contributed by atoms with Crippen LogP contribution in [0.25, 0.3) is 0 Å². The molecule has 1 aromatic rings. The van der Waals surface area contributed by atoms with Gasteiger partial charge in [0.1, 0.15) is 0 Å². The first kappa shape index (κ1) is 10.5. The van der Waals surface area contributed by atoms with E-state index in [-0.39, 0.29) is 0 Å². The molecule has 3 nitrogen and oxygen atoms in total. The first-order valence-electron chi connectivity index (χ1n) is 4.45. The van der Waals surface area contributed by atoms with Gasteiger partial charge in [-0.3, -0.25) is 0 Å². The van der Waals surface area contributed by atoms with Gasteiger partial charge >= 0.3 is 0 Å². The van der Waals surface area contributed by atoms with E-state index in [9.17, 15) is 0 Å². The predicted octanol–water partition coefficient (Wildman–Crippen LogP) is 1.49. The molecule has 0 aromatic carbocycles. The molecule has 0 aliphatic carbocycles. The summed E-state index contributed by atoms with van der Waals surface area (Å²) in [5.41, 5.74) is 1.11. The second kappa shape index (κ2) is 5.94. The lowest BCUT2D eigenvalue weighted by Crippen LogP contribution is -2.15. The Balaban J connectivity index is 2.25. The molecule has 4 heteroatoms. The molecule has 0 saturated carbocycles. The third-order valence-electron chi connectivity index (χ3n) is 1.52. The lowest BCUT2D eigenvalue weighted by Gasteiger charge is -2.00. The standard InChI is InChI=1S/C9H15N3S/c1-3-10-4-5-13-9-11-6-8(2)7-12-9/h6-7,10H,3-5H2,1-2H3. The highest BCUT2D eigenvalue weighted by Crippen LogP contribution is 2.10. The van der Waals surface area contributed by atoms with E-state index in [2.05, 4.69) is 22.2 Å². The molecule has 1 heterocycles. The van der Waals surface area contributed by atoms with Crippen LogP contribution < -0.4 is 5.32 Å². The maximum Gasteiger partial charge on any atom is 0.187 e. The first-order valence-corrected chi connectivity index (χ1v) is 5.43. The van der Waals surface area contributed by atoms with Crippen molar-refractivity contribution in [2.45, 2.75) is 19.0 Å². The van der Waals surface area contributed by atoms with Gasteiger partial charge in [0.15, 0.2) is 5.16 Å². The molecule has 1 N–H and O–H groups in total. The van der Waals surface area contributed by atoms with E-state index in [0.29, 0.717) is 0 Å². The van der Waals surface area contributed by atoms with Crippen LogP contribution in [0.4, 0.5) is 0 Å². The third kappa shape index (κ3) is 4.24. The molecule has 0 saturated heterocycles. The summed E-state index contributed by atoms with van der Waals surface area (Å²) in [5, 5.41) is 4.12. The number of rotatable bonds is 5. The molecular formula is C9H15N3S. The second-order valence-corrected chi connectivity index (χ2v) is 3.81. The molecule has 0 spiro atoms. The van der Waals surface area contributed by atoms with Crippen LogP contribution in [0.5, 0.6) is 0 Å². The van der Waals surface area contributed by atoms with Crippen LogP contribution in [0.1, 0.15) is 12.5 Å². The van der Waals surface area contributed by atoms with E-state index < -0.39 is 0 Å². The highest BCUT2D eigenvalue weighted by molar-refractivity contribution is 7.99. The van der Waals surface area contributed by atoms with Crippen molar-refractivity contribution in [2.75, 3.05) is 18.8 Å². The fourth-order valence-electron chi connectivity index (χ4n) is 0.847. The Morgan fingerprint density at radius 2 is 2.08 bits per heavy atom. The third-order valence-corrected chi connectivity index (χ3v) is 2.39. The highest BCUT2D eigenvalue weighted by atomic mass is 32.2. The van der Waals surface area contributed by atoms with Gasteiger partial charge in [0.25, 0.3) is 0 Å². The number of aryl methyl sites for hydroxylation is 1. The van der Waals surface area contributed by atoms with E-state index >= 15 is 0 Å². The second-order valence-electron chi connectivity index (χ2n) is 2.75. The zero-order chi connectivity index (χ0) is 9.52. The van der Waals surface area contributed by atoms with Gasteiger partial charge in [0.05, 0.1) is 0 Å². The van der Waals surface area contributed by atoms with Gasteiger partial charge < -0.3 is 5.32 Å². The van der Waals surface area contributed by atoms with Crippen molar-refractivity contribution in [1.82, 2.24) is 15.3 Å². The summed E-state index contributed by atoms with van der Waals surface area (Å²) < 4.78 is 0. The number of hydrogen-bond acceptors (Lipinski definition) is 4. The molecule has 1 aromatic heterocycles. The average molecular weight is 197 g/mol. The van der Waals surface area contributed by atoms with Crippen LogP contribution in [0.2, 0.25) is 0 Å². The maximum absolute atomic E-state index is 4.20. The fourth-order valence-corrected chi connectivity index (χ4v) is 1.53. The Bertz CT molecular complexity index is 235. The number of nitrogens with zero attached hydrogens (tertiary/aromatic N) is 2. The summed E-state index contributed by atoms with van der Waals surface area (Å²) in [6.07, 6.45) is 3.70. The van der Waals surface area contributed by atoms with E-state index in [4.69, 9.17) is 0 Å². The van der Waals surface area contributed by atoms with Gasteiger partial charge in [-0.05, 0) is 19.0 Å². The SMILES string of the molecule is CCNCCSc1ncc(C)cn1. The lowest BCUT2D eigenvalue weighted by molar-refractivity contribution is 0.767. The van der Waals surface area contributed by atoms with Gasteiger partial charge in [0.2, 0.25) is 0 Å². The summed E-state index contributed by atoms with van der Waals surface area (Å²) in [5.74, 6) is 1.02. The normalized spacial score (nSPS) is 10.3. The summed E-state index contributed by atoms with van der Waals surface area (Å²) >= 11 is 1.68. The van der Waals surface area contributed by atoms with Crippen molar-refractivity contribution in [3.8, 4) is 0 Å². The molecular weight excluding hydrogens is 182 g/mol.